The third-order valence-corrected chi connectivity index (χ3v) is 4.35. The summed E-state index contributed by atoms with van der Waals surface area (Å²) >= 11 is 8.80. The minimum atomic E-state index is 0.597. The molecule has 5 heteroatoms. The topological polar surface area (TPSA) is 41.8 Å². The maximum atomic E-state index is 5.30. The van der Waals surface area contributed by atoms with Crippen molar-refractivity contribution >= 4 is 28.1 Å². The Morgan fingerprint density at radius 1 is 1.53 bits per heavy atom. The molecule has 0 saturated heterocycles. The van der Waals surface area contributed by atoms with Crippen molar-refractivity contribution in [1.29, 1.82) is 0 Å². The number of nitrogens with one attached hydrogen (secondary N) is 1. The molecule has 17 heavy (non-hydrogen) atoms. The Kier molecular flexibility index (Phi) is 2.67. The van der Waals surface area contributed by atoms with Gasteiger partial charge in [0.05, 0.1) is 16.3 Å². The summed E-state index contributed by atoms with van der Waals surface area (Å²) in [5.74, 6) is 2.25. The van der Waals surface area contributed by atoms with Crippen molar-refractivity contribution in [1.82, 2.24) is 9.97 Å². The van der Waals surface area contributed by atoms with Crippen LogP contribution in [0.4, 0.5) is 0 Å². The summed E-state index contributed by atoms with van der Waals surface area (Å²) in [6.45, 7) is 1.92. The van der Waals surface area contributed by atoms with Crippen LogP contribution < -0.4 is 0 Å². The molecule has 1 aliphatic carbocycles. The predicted octanol–water partition coefficient (Wildman–Crippen LogP) is 4.35. The summed E-state index contributed by atoms with van der Waals surface area (Å²) in [7, 11) is 0. The second kappa shape index (κ2) is 4.07. The third-order valence-electron chi connectivity index (χ3n) is 2.99. The molecular weight excluding hydrogens is 300 g/mol. The second-order valence-electron chi connectivity index (χ2n) is 4.28. The van der Waals surface area contributed by atoms with Gasteiger partial charge in [0.15, 0.2) is 0 Å². The Hall–Kier alpha value is -0.940. The van der Waals surface area contributed by atoms with Crippen LogP contribution in [-0.4, -0.2) is 9.97 Å². The van der Waals surface area contributed by atoms with E-state index in [9.17, 15) is 0 Å². The molecule has 3 nitrogen and oxygen atoms in total. The highest BCUT2D eigenvalue weighted by Crippen LogP contribution is 2.42. The Morgan fingerprint density at radius 3 is 2.88 bits per heavy atom. The van der Waals surface area contributed by atoms with Gasteiger partial charge < -0.3 is 9.40 Å². The van der Waals surface area contributed by atoms with E-state index in [-0.39, 0.29) is 0 Å². The van der Waals surface area contributed by atoms with E-state index >= 15 is 0 Å². The number of furan rings is 1. The van der Waals surface area contributed by atoms with Gasteiger partial charge in [-0.2, -0.15) is 0 Å². The first kappa shape index (κ1) is 11.2. The number of hydrogen-bond donors (Lipinski definition) is 1. The Morgan fingerprint density at radius 2 is 2.29 bits per heavy atom. The van der Waals surface area contributed by atoms with Gasteiger partial charge in [-0.05, 0) is 41.8 Å². The smallest absolute Gasteiger partial charge is 0.144 e. The van der Waals surface area contributed by atoms with Crippen LogP contribution in [0.1, 0.15) is 30.2 Å². The van der Waals surface area contributed by atoms with Gasteiger partial charge in [0.1, 0.15) is 16.2 Å². The average molecular weight is 311 g/mol. The number of aromatic nitrogens is 2. The zero-order chi connectivity index (χ0) is 12.0. The number of rotatable bonds is 2. The molecule has 0 bridgehead atoms. The quantitative estimate of drug-likeness (QED) is 0.839. The summed E-state index contributed by atoms with van der Waals surface area (Å²) in [4.78, 5) is 7.77. The van der Waals surface area contributed by atoms with Gasteiger partial charge in [0, 0.05) is 11.6 Å². The molecule has 0 aliphatic heterocycles. The van der Waals surface area contributed by atoms with Crippen LogP contribution in [0, 0.1) is 11.6 Å². The molecule has 1 saturated carbocycles. The van der Waals surface area contributed by atoms with Crippen LogP contribution in [0.25, 0.3) is 11.4 Å². The highest BCUT2D eigenvalue weighted by atomic mass is 79.9. The van der Waals surface area contributed by atoms with Crippen LogP contribution in [-0.2, 0) is 0 Å². The molecule has 88 valence electrons. The van der Waals surface area contributed by atoms with Crippen LogP contribution >= 0.6 is 28.1 Å². The average Bonchev–Trinajstić information content (AvgIpc) is 3.05. The summed E-state index contributed by atoms with van der Waals surface area (Å²) in [6, 6.07) is 1.91. The standard InChI is InChI=1S/C12H11BrN2OS/c1-6-8(4-5-16-6)11-14-10(7-2-3-7)9(13)12(17)15-11/h4-5,7H,2-3H2,1H3,(H,14,15,17). The van der Waals surface area contributed by atoms with E-state index in [0.29, 0.717) is 10.6 Å². The third kappa shape index (κ3) is 1.98. The maximum absolute atomic E-state index is 5.30. The molecule has 2 heterocycles. The number of H-pyrrole nitrogens is 1. The lowest BCUT2D eigenvalue weighted by molar-refractivity contribution is 0.535. The highest BCUT2D eigenvalue weighted by Gasteiger charge is 2.27. The molecule has 0 unspecified atom stereocenters. The van der Waals surface area contributed by atoms with Crippen molar-refractivity contribution in [3.05, 3.63) is 32.9 Å². The van der Waals surface area contributed by atoms with Crippen molar-refractivity contribution in [2.24, 2.45) is 0 Å². The van der Waals surface area contributed by atoms with E-state index in [4.69, 9.17) is 16.6 Å². The van der Waals surface area contributed by atoms with E-state index in [2.05, 4.69) is 25.9 Å². The summed E-state index contributed by atoms with van der Waals surface area (Å²) in [5, 5.41) is 0. The lowest BCUT2D eigenvalue weighted by Gasteiger charge is -2.06. The summed E-state index contributed by atoms with van der Waals surface area (Å²) in [6.07, 6.45) is 4.11. The Labute approximate surface area is 112 Å². The lowest BCUT2D eigenvalue weighted by atomic mass is 10.2. The maximum Gasteiger partial charge on any atom is 0.144 e. The van der Waals surface area contributed by atoms with Gasteiger partial charge >= 0.3 is 0 Å². The van der Waals surface area contributed by atoms with Crippen molar-refractivity contribution in [2.75, 3.05) is 0 Å². The fourth-order valence-electron chi connectivity index (χ4n) is 1.89. The second-order valence-corrected chi connectivity index (χ2v) is 5.46. The van der Waals surface area contributed by atoms with Gasteiger partial charge in [-0.25, -0.2) is 4.98 Å². The Bertz CT molecular complexity index is 628. The van der Waals surface area contributed by atoms with Crippen LogP contribution in [0.15, 0.2) is 21.2 Å². The molecule has 0 spiro atoms. The Balaban J connectivity index is 2.18. The minimum Gasteiger partial charge on any atom is -0.469 e. The zero-order valence-corrected chi connectivity index (χ0v) is 11.7. The number of nitrogens with zero attached hydrogens (tertiary/aromatic N) is 1. The number of halogens is 1. The fraction of sp³-hybridized carbons (Fsp3) is 0.333. The highest BCUT2D eigenvalue weighted by molar-refractivity contribution is 9.10. The first-order valence-corrected chi connectivity index (χ1v) is 6.71. The lowest BCUT2D eigenvalue weighted by Crippen LogP contribution is -1.97. The van der Waals surface area contributed by atoms with E-state index < -0.39 is 0 Å². The van der Waals surface area contributed by atoms with Crippen molar-refractivity contribution in [2.45, 2.75) is 25.7 Å². The number of aryl methyl sites for hydroxylation is 1. The van der Waals surface area contributed by atoms with Gasteiger partial charge in [0.2, 0.25) is 0 Å². The molecule has 0 aromatic carbocycles. The van der Waals surface area contributed by atoms with E-state index in [1.54, 1.807) is 6.26 Å². The predicted molar refractivity (Wildman–Crippen MR) is 71.5 cm³/mol. The van der Waals surface area contributed by atoms with Gasteiger partial charge in [-0.3, -0.25) is 0 Å². The summed E-state index contributed by atoms with van der Waals surface area (Å²) < 4.78 is 6.84. The van der Waals surface area contributed by atoms with Crippen molar-refractivity contribution in [3.63, 3.8) is 0 Å². The minimum absolute atomic E-state index is 0.597. The fourth-order valence-corrected chi connectivity index (χ4v) is 2.60. The molecule has 3 rings (SSSR count). The molecule has 2 aromatic heterocycles. The van der Waals surface area contributed by atoms with Gasteiger partial charge in [0.25, 0.3) is 0 Å². The summed E-state index contributed by atoms with van der Waals surface area (Å²) in [5.41, 5.74) is 2.14. The molecule has 2 aromatic rings. The van der Waals surface area contributed by atoms with E-state index in [0.717, 1.165) is 21.6 Å². The number of aromatic amines is 1. The zero-order valence-electron chi connectivity index (χ0n) is 9.29. The van der Waals surface area contributed by atoms with Crippen LogP contribution in [0.2, 0.25) is 0 Å². The molecule has 1 N–H and O–H groups in total. The first-order valence-electron chi connectivity index (χ1n) is 5.51. The van der Waals surface area contributed by atoms with E-state index in [1.807, 2.05) is 13.0 Å². The van der Waals surface area contributed by atoms with Gasteiger partial charge in [-0.1, -0.05) is 12.2 Å². The monoisotopic (exact) mass is 310 g/mol. The largest absolute Gasteiger partial charge is 0.469 e. The molecule has 0 atom stereocenters. The van der Waals surface area contributed by atoms with Crippen molar-refractivity contribution < 1.29 is 4.42 Å². The SMILES string of the molecule is Cc1occc1-c1nc(=S)c(Br)c(C2CC2)[nH]1. The first-order chi connectivity index (χ1) is 8.16. The molecular formula is C12H11BrN2OS. The molecule has 0 radical (unpaired) electrons. The van der Waals surface area contributed by atoms with Gasteiger partial charge in [-0.15, -0.1) is 0 Å². The molecule has 1 fully saturated rings. The number of hydrogen-bond acceptors (Lipinski definition) is 3. The molecule has 0 amide bonds. The molecule has 1 aliphatic rings. The van der Waals surface area contributed by atoms with Crippen molar-refractivity contribution in [3.8, 4) is 11.4 Å². The van der Waals surface area contributed by atoms with E-state index in [1.165, 1.54) is 18.5 Å². The van der Waals surface area contributed by atoms with Crippen LogP contribution in [0.3, 0.4) is 0 Å². The normalized spacial score (nSPS) is 15.2. The van der Waals surface area contributed by atoms with Crippen LogP contribution in [0.5, 0.6) is 0 Å².